The number of amides is 1. The molecule has 0 bridgehead atoms. The largest absolute Gasteiger partial charge is 0.493 e. The Morgan fingerprint density at radius 2 is 1.84 bits per heavy atom. The Kier molecular flexibility index (Phi) is 5.45. The number of aromatic carboxylic acids is 1. The minimum atomic E-state index is -1.25. The van der Waals surface area contributed by atoms with E-state index >= 15 is 0 Å². The van der Waals surface area contributed by atoms with Gasteiger partial charge in [0.15, 0.2) is 5.75 Å². The Bertz CT molecular complexity index is 885. The number of rotatable bonds is 5. The van der Waals surface area contributed by atoms with Gasteiger partial charge in [0.05, 0.1) is 28.3 Å². The number of nitro groups is 1. The van der Waals surface area contributed by atoms with Gasteiger partial charge in [-0.15, -0.1) is 0 Å². The fourth-order valence-electron chi connectivity index (χ4n) is 2.01. The van der Waals surface area contributed by atoms with E-state index < -0.39 is 22.5 Å². The van der Waals surface area contributed by atoms with E-state index in [9.17, 15) is 19.7 Å². The van der Waals surface area contributed by atoms with Crippen molar-refractivity contribution < 1.29 is 24.4 Å². The Labute approximate surface area is 151 Å². The quantitative estimate of drug-likeness (QED) is 0.596. The molecule has 0 fully saturated rings. The number of methoxy groups -OCH3 is 1. The number of nitro benzene ring substituents is 1. The molecule has 1 amide bonds. The second-order valence-corrected chi connectivity index (χ2v) is 5.54. The molecule has 2 rings (SSSR count). The van der Waals surface area contributed by atoms with Crippen LogP contribution in [0, 0.1) is 10.1 Å². The Morgan fingerprint density at radius 3 is 2.40 bits per heavy atom. The second-order valence-electron chi connectivity index (χ2n) is 4.72. The number of carbonyl (C=O) groups excluding carboxylic acids is 1. The molecule has 0 spiro atoms. The maximum Gasteiger partial charge on any atom is 0.335 e. The molecule has 25 heavy (non-hydrogen) atoms. The SMILES string of the molecule is COc1c(Cl)cc(C(=O)O)cc1NC(=O)c1ccc(Cl)c([N+](=O)[O-])c1. The summed E-state index contributed by atoms with van der Waals surface area (Å²) >= 11 is 11.7. The van der Waals surface area contributed by atoms with Gasteiger partial charge >= 0.3 is 5.97 Å². The molecule has 10 heteroatoms. The number of benzene rings is 2. The van der Waals surface area contributed by atoms with Gasteiger partial charge in [0, 0.05) is 11.6 Å². The fourth-order valence-corrected chi connectivity index (χ4v) is 2.49. The molecule has 8 nitrogen and oxygen atoms in total. The maximum absolute atomic E-state index is 12.3. The molecule has 0 aliphatic heterocycles. The summed E-state index contributed by atoms with van der Waals surface area (Å²) in [5, 5.41) is 22.3. The van der Waals surface area contributed by atoms with Gasteiger partial charge in [-0.2, -0.15) is 0 Å². The van der Waals surface area contributed by atoms with Crippen LogP contribution in [0.1, 0.15) is 20.7 Å². The highest BCUT2D eigenvalue weighted by Crippen LogP contribution is 2.35. The standard InChI is InChI=1S/C15H10Cl2N2O6/c1-25-13-10(17)4-8(15(21)22)5-11(13)18-14(20)7-2-3-9(16)12(6-7)19(23)24/h2-6H,1H3,(H,18,20)(H,21,22). The van der Waals surface area contributed by atoms with Crippen molar-refractivity contribution in [3.8, 4) is 5.75 Å². The van der Waals surface area contributed by atoms with Crippen molar-refractivity contribution in [3.63, 3.8) is 0 Å². The lowest BCUT2D eigenvalue weighted by Crippen LogP contribution is -2.14. The zero-order valence-electron chi connectivity index (χ0n) is 12.6. The third-order valence-corrected chi connectivity index (χ3v) is 3.75. The molecular weight excluding hydrogens is 375 g/mol. The van der Waals surface area contributed by atoms with Crippen LogP contribution in [0.5, 0.6) is 5.75 Å². The summed E-state index contributed by atoms with van der Waals surface area (Å²) in [6, 6.07) is 5.85. The smallest absolute Gasteiger partial charge is 0.335 e. The van der Waals surface area contributed by atoms with Crippen LogP contribution >= 0.6 is 23.2 Å². The summed E-state index contributed by atoms with van der Waals surface area (Å²) in [4.78, 5) is 33.6. The predicted octanol–water partition coefficient (Wildman–Crippen LogP) is 3.86. The van der Waals surface area contributed by atoms with Crippen molar-refractivity contribution in [1.29, 1.82) is 0 Å². The van der Waals surface area contributed by atoms with Gasteiger partial charge < -0.3 is 15.2 Å². The molecule has 0 aromatic heterocycles. The van der Waals surface area contributed by atoms with Crippen LogP contribution < -0.4 is 10.1 Å². The molecule has 2 N–H and O–H groups in total. The molecule has 0 radical (unpaired) electrons. The number of carboxylic acid groups (broad SMARTS) is 1. The first kappa shape index (κ1) is 18.5. The number of carboxylic acids is 1. The number of nitrogens with zero attached hydrogens (tertiary/aromatic N) is 1. The molecule has 2 aromatic rings. The Hall–Kier alpha value is -2.84. The number of ether oxygens (including phenoxy) is 1. The van der Waals surface area contributed by atoms with Crippen molar-refractivity contribution in [2.45, 2.75) is 0 Å². The van der Waals surface area contributed by atoms with E-state index in [2.05, 4.69) is 5.32 Å². The van der Waals surface area contributed by atoms with Gasteiger partial charge in [0.1, 0.15) is 5.02 Å². The molecule has 0 saturated heterocycles. The average molecular weight is 385 g/mol. The molecule has 2 aromatic carbocycles. The Morgan fingerprint density at radius 1 is 1.16 bits per heavy atom. The van der Waals surface area contributed by atoms with E-state index in [1.807, 2.05) is 0 Å². The first-order chi connectivity index (χ1) is 11.7. The number of halogens is 2. The minimum Gasteiger partial charge on any atom is -0.493 e. The van der Waals surface area contributed by atoms with E-state index in [1.54, 1.807) is 0 Å². The van der Waals surface area contributed by atoms with Crippen LogP contribution in [-0.2, 0) is 0 Å². The van der Waals surface area contributed by atoms with Gasteiger partial charge in [-0.3, -0.25) is 14.9 Å². The maximum atomic E-state index is 12.3. The van der Waals surface area contributed by atoms with Gasteiger partial charge in [0.2, 0.25) is 0 Å². The molecule has 0 saturated carbocycles. The van der Waals surface area contributed by atoms with Crippen molar-refractivity contribution in [2.24, 2.45) is 0 Å². The number of nitrogens with one attached hydrogen (secondary N) is 1. The highest BCUT2D eigenvalue weighted by Gasteiger charge is 2.19. The topological polar surface area (TPSA) is 119 Å². The first-order valence-corrected chi connectivity index (χ1v) is 7.36. The van der Waals surface area contributed by atoms with Crippen LogP contribution in [-0.4, -0.2) is 29.0 Å². The van der Waals surface area contributed by atoms with Gasteiger partial charge in [-0.1, -0.05) is 23.2 Å². The molecule has 0 heterocycles. The summed E-state index contributed by atoms with van der Waals surface area (Å²) in [6.45, 7) is 0. The van der Waals surface area contributed by atoms with E-state index in [4.69, 9.17) is 33.0 Å². The van der Waals surface area contributed by atoms with Crippen LogP contribution in [0.25, 0.3) is 0 Å². The third-order valence-electron chi connectivity index (χ3n) is 3.15. The zero-order chi connectivity index (χ0) is 18.7. The fraction of sp³-hybridized carbons (Fsp3) is 0.0667. The summed E-state index contributed by atoms with van der Waals surface area (Å²) in [5.41, 5.74) is -0.633. The van der Waals surface area contributed by atoms with Crippen LogP contribution in [0.4, 0.5) is 11.4 Å². The van der Waals surface area contributed by atoms with Crippen molar-refractivity contribution in [1.82, 2.24) is 0 Å². The summed E-state index contributed by atoms with van der Waals surface area (Å²) in [7, 11) is 1.30. The minimum absolute atomic E-state index is 0.00926. The van der Waals surface area contributed by atoms with E-state index in [0.717, 1.165) is 12.1 Å². The van der Waals surface area contributed by atoms with Crippen molar-refractivity contribution in [3.05, 3.63) is 61.6 Å². The molecule has 0 unspecified atom stereocenters. The van der Waals surface area contributed by atoms with Crippen molar-refractivity contribution in [2.75, 3.05) is 12.4 Å². The molecule has 0 aliphatic rings. The number of hydrogen-bond donors (Lipinski definition) is 2. The van der Waals surface area contributed by atoms with Crippen LogP contribution in [0.15, 0.2) is 30.3 Å². The lowest BCUT2D eigenvalue weighted by atomic mass is 10.1. The van der Waals surface area contributed by atoms with E-state index in [0.29, 0.717) is 0 Å². The van der Waals surface area contributed by atoms with E-state index in [-0.39, 0.29) is 32.6 Å². The highest BCUT2D eigenvalue weighted by atomic mass is 35.5. The summed E-state index contributed by atoms with van der Waals surface area (Å²) < 4.78 is 5.06. The summed E-state index contributed by atoms with van der Waals surface area (Å²) in [6.07, 6.45) is 0. The average Bonchev–Trinajstić information content (AvgIpc) is 2.54. The van der Waals surface area contributed by atoms with Crippen molar-refractivity contribution >= 4 is 46.5 Å². The normalized spacial score (nSPS) is 10.2. The molecular formula is C15H10Cl2N2O6. The number of carbonyl (C=O) groups is 2. The second kappa shape index (κ2) is 7.37. The first-order valence-electron chi connectivity index (χ1n) is 6.60. The third kappa shape index (κ3) is 3.98. The lowest BCUT2D eigenvalue weighted by molar-refractivity contribution is -0.384. The molecule has 130 valence electrons. The molecule has 0 aliphatic carbocycles. The van der Waals surface area contributed by atoms with E-state index in [1.165, 1.54) is 25.3 Å². The highest BCUT2D eigenvalue weighted by molar-refractivity contribution is 6.33. The number of anilines is 1. The van der Waals surface area contributed by atoms with Crippen LogP contribution in [0.2, 0.25) is 10.0 Å². The molecule has 0 atom stereocenters. The lowest BCUT2D eigenvalue weighted by Gasteiger charge is -2.13. The monoisotopic (exact) mass is 384 g/mol. The van der Waals surface area contributed by atoms with Gasteiger partial charge in [0.25, 0.3) is 11.6 Å². The Balaban J connectivity index is 2.42. The van der Waals surface area contributed by atoms with Gasteiger partial charge in [-0.25, -0.2) is 4.79 Å². The predicted molar refractivity (Wildman–Crippen MR) is 91.0 cm³/mol. The zero-order valence-corrected chi connectivity index (χ0v) is 14.1. The number of hydrogen-bond acceptors (Lipinski definition) is 5. The summed E-state index contributed by atoms with van der Waals surface area (Å²) in [5.74, 6) is -1.91. The van der Waals surface area contributed by atoms with Crippen LogP contribution in [0.3, 0.4) is 0 Å². The van der Waals surface area contributed by atoms with Gasteiger partial charge in [-0.05, 0) is 24.3 Å².